The van der Waals surface area contributed by atoms with Crippen molar-refractivity contribution in [3.63, 3.8) is 0 Å². The number of carbonyl (C=O) groups is 1. The molecule has 160 valence electrons. The summed E-state index contributed by atoms with van der Waals surface area (Å²) in [5.74, 6) is 0.861. The number of benzene rings is 1. The molecule has 32 heavy (non-hydrogen) atoms. The van der Waals surface area contributed by atoms with Crippen molar-refractivity contribution in [2.45, 2.75) is 26.3 Å². The van der Waals surface area contributed by atoms with Gasteiger partial charge >= 0.3 is 0 Å². The molecule has 0 N–H and O–H groups in total. The second kappa shape index (κ2) is 8.20. The van der Waals surface area contributed by atoms with E-state index in [-0.39, 0.29) is 11.8 Å². The van der Waals surface area contributed by atoms with Gasteiger partial charge in [-0.2, -0.15) is 5.10 Å². The number of hydrogen-bond acceptors (Lipinski definition) is 4. The summed E-state index contributed by atoms with van der Waals surface area (Å²) in [6, 6.07) is 16.5. The number of fused-ring (bicyclic) bond motifs is 1. The van der Waals surface area contributed by atoms with Gasteiger partial charge in [-0.3, -0.25) is 4.79 Å². The van der Waals surface area contributed by atoms with Gasteiger partial charge in [0.05, 0.1) is 12.2 Å². The second-order valence-corrected chi connectivity index (χ2v) is 9.40. The molecule has 0 radical (unpaired) electrons. The average Bonchev–Trinajstić information content (AvgIpc) is 3.40. The van der Waals surface area contributed by atoms with Gasteiger partial charge in [-0.15, -0.1) is 11.3 Å². The summed E-state index contributed by atoms with van der Waals surface area (Å²) in [5.41, 5.74) is 5.69. The largest absolute Gasteiger partial charge is 0.333 e. The van der Waals surface area contributed by atoms with Gasteiger partial charge in [0.25, 0.3) is 0 Å². The number of thiophene rings is 1. The van der Waals surface area contributed by atoms with Crippen molar-refractivity contribution in [1.29, 1.82) is 0 Å². The Bertz CT molecular complexity index is 1300. The van der Waals surface area contributed by atoms with Crippen LogP contribution >= 0.6 is 11.3 Å². The van der Waals surface area contributed by atoms with Gasteiger partial charge in [-0.05, 0) is 54.8 Å². The SMILES string of the molecule is C=CC(=O)N1Cc2sc(C)cc2[C@@H](c2ccccc2-c2cn(-c3ccccn3)nc2C)C1. The third kappa shape index (κ3) is 3.56. The zero-order valence-electron chi connectivity index (χ0n) is 18.2. The molecule has 1 aliphatic heterocycles. The number of aromatic nitrogens is 3. The Balaban J connectivity index is 1.62. The summed E-state index contributed by atoms with van der Waals surface area (Å²) in [5, 5.41) is 4.73. The highest BCUT2D eigenvalue weighted by Crippen LogP contribution is 2.42. The number of amides is 1. The lowest BCUT2D eigenvalue weighted by molar-refractivity contribution is -0.127. The van der Waals surface area contributed by atoms with Crippen molar-refractivity contribution >= 4 is 17.2 Å². The van der Waals surface area contributed by atoms with E-state index in [9.17, 15) is 4.79 Å². The van der Waals surface area contributed by atoms with Crippen molar-refractivity contribution < 1.29 is 4.79 Å². The summed E-state index contributed by atoms with van der Waals surface area (Å²) in [7, 11) is 0. The predicted molar refractivity (Wildman–Crippen MR) is 128 cm³/mol. The maximum Gasteiger partial charge on any atom is 0.246 e. The molecule has 3 aromatic heterocycles. The highest BCUT2D eigenvalue weighted by Gasteiger charge is 2.31. The van der Waals surface area contributed by atoms with E-state index in [0.717, 1.165) is 22.6 Å². The van der Waals surface area contributed by atoms with E-state index >= 15 is 0 Å². The molecule has 5 rings (SSSR count). The summed E-state index contributed by atoms with van der Waals surface area (Å²) < 4.78 is 1.83. The standard InChI is InChI=1S/C26H24N4OS/c1-4-26(31)29-14-23(21-13-17(2)32-24(21)16-29)20-10-6-5-9-19(20)22-15-30(28-18(22)3)25-11-7-8-12-27-25/h4-13,15,23H,1,14,16H2,2-3H3/t23-/m1/s1. The highest BCUT2D eigenvalue weighted by atomic mass is 32.1. The quantitative estimate of drug-likeness (QED) is 0.406. The smallest absolute Gasteiger partial charge is 0.246 e. The molecule has 0 fully saturated rings. The van der Waals surface area contributed by atoms with Gasteiger partial charge in [0, 0.05) is 40.2 Å². The van der Waals surface area contributed by atoms with Gasteiger partial charge in [0.1, 0.15) is 0 Å². The molecule has 0 saturated carbocycles. The van der Waals surface area contributed by atoms with Crippen LogP contribution in [0.5, 0.6) is 0 Å². The fourth-order valence-corrected chi connectivity index (χ4v) is 5.61. The first kappa shape index (κ1) is 20.4. The number of hydrogen-bond donors (Lipinski definition) is 0. The van der Waals surface area contributed by atoms with E-state index in [1.165, 1.54) is 27.0 Å². The number of carbonyl (C=O) groups excluding carboxylic acids is 1. The Kier molecular flexibility index (Phi) is 5.23. The van der Waals surface area contributed by atoms with Crippen LogP contribution in [-0.2, 0) is 11.3 Å². The minimum atomic E-state index is -0.0247. The molecular formula is C26H24N4OS. The van der Waals surface area contributed by atoms with E-state index in [1.807, 2.05) is 40.9 Å². The van der Waals surface area contributed by atoms with E-state index in [0.29, 0.717) is 13.1 Å². The van der Waals surface area contributed by atoms with Crippen LogP contribution in [-0.4, -0.2) is 32.1 Å². The molecule has 1 atom stereocenters. The fraction of sp³-hybridized carbons (Fsp3) is 0.192. The van der Waals surface area contributed by atoms with Crippen molar-refractivity contribution in [3.05, 3.63) is 100 Å². The third-order valence-corrected chi connectivity index (χ3v) is 7.02. The van der Waals surface area contributed by atoms with Crippen molar-refractivity contribution in [1.82, 2.24) is 19.7 Å². The van der Waals surface area contributed by atoms with Gasteiger partial charge in [-0.1, -0.05) is 36.9 Å². The number of nitrogens with zero attached hydrogens (tertiary/aromatic N) is 4. The number of pyridine rings is 1. The minimum absolute atomic E-state index is 0.0247. The predicted octanol–water partition coefficient (Wildman–Crippen LogP) is 5.27. The summed E-state index contributed by atoms with van der Waals surface area (Å²) in [6.07, 6.45) is 5.23. The third-order valence-electron chi connectivity index (χ3n) is 5.97. The second-order valence-electron chi connectivity index (χ2n) is 8.06. The Morgan fingerprint density at radius 3 is 2.72 bits per heavy atom. The van der Waals surface area contributed by atoms with Crippen LogP contribution in [0, 0.1) is 13.8 Å². The van der Waals surface area contributed by atoms with Crippen LogP contribution < -0.4 is 0 Å². The number of rotatable bonds is 4. The molecule has 4 heterocycles. The van der Waals surface area contributed by atoms with Crippen molar-refractivity contribution in [2.75, 3.05) is 6.54 Å². The highest BCUT2D eigenvalue weighted by molar-refractivity contribution is 7.12. The zero-order valence-corrected chi connectivity index (χ0v) is 19.0. The lowest BCUT2D eigenvalue weighted by Gasteiger charge is -2.33. The van der Waals surface area contributed by atoms with Crippen LogP contribution in [0.2, 0.25) is 0 Å². The molecule has 0 bridgehead atoms. The molecule has 1 amide bonds. The molecule has 0 unspecified atom stereocenters. The monoisotopic (exact) mass is 440 g/mol. The van der Waals surface area contributed by atoms with Crippen LogP contribution in [0.1, 0.15) is 32.5 Å². The van der Waals surface area contributed by atoms with Gasteiger partial charge in [0.15, 0.2) is 5.82 Å². The van der Waals surface area contributed by atoms with Gasteiger partial charge in [-0.25, -0.2) is 9.67 Å². The normalized spacial score (nSPS) is 15.4. The molecule has 1 aromatic carbocycles. The van der Waals surface area contributed by atoms with E-state index in [2.05, 4.69) is 48.8 Å². The van der Waals surface area contributed by atoms with E-state index in [4.69, 9.17) is 5.10 Å². The minimum Gasteiger partial charge on any atom is -0.333 e. The Hall–Kier alpha value is -3.51. The van der Waals surface area contributed by atoms with Gasteiger partial charge in [0.2, 0.25) is 5.91 Å². The average molecular weight is 441 g/mol. The van der Waals surface area contributed by atoms with Crippen LogP contribution in [0.25, 0.3) is 16.9 Å². The first-order chi connectivity index (χ1) is 15.5. The van der Waals surface area contributed by atoms with Gasteiger partial charge < -0.3 is 4.90 Å². The Morgan fingerprint density at radius 1 is 1.12 bits per heavy atom. The molecule has 6 heteroatoms. The Labute approximate surface area is 191 Å². The van der Waals surface area contributed by atoms with Crippen molar-refractivity contribution in [2.24, 2.45) is 0 Å². The molecule has 0 spiro atoms. The number of aryl methyl sites for hydroxylation is 2. The lowest BCUT2D eigenvalue weighted by atomic mass is 9.84. The van der Waals surface area contributed by atoms with Crippen LogP contribution in [0.4, 0.5) is 0 Å². The molecular weight excluding hydrogens is 416 g/mol. The first-order valence-corrected chi connectivity index (χ1v) is 11.4. The molecule has 4 aromatic rings. The molecule has 0 aliphatic carbocycles. The van der Waals surface area contributed by atoms with Crippen molar-refractivity contribution in [3.8, 4) is 16.9 Å². The maximum atomic E-state index is 12.5. The first-order valence-electron chi connectivity index (χ1n) is 10.6. The maximum absolute atomic E-state index is 12.5. The summed E-state index contributed by atoms with van der Waals surface area (Å²) in [6.45, 7) is 9.14. The van der Waals surface area contributed by atoms with E-state index < -0.39 is 0 Å². The molecule has 5 nitrogen and oxygen atoms in total. The fourth-order valence-electron chi connectivity index (χ4n) is 4.50. The molecule has 1 aliphatic rings. The molecule has 0 saturated heterocycles. The topological polar surface area (TPSA) is 51.0 Å². The zero-order chi connectivity index (χ0) is 22.2. The summed E-state index contributed by atoms with van der Waals surface area (Å²) in [4.78, 5) is 21.4. The summed E-state index contributed by atoms with van der Waals surface area (Å²) >= 11 is 1.77. The van der Waals surface area contributed by atoms with Crippen LogP contribution in [0.3, 0.4) is 0 Å². The van der Waals surface area contributed by atoms with E-state index in [1.54, 1.807) is 17.5 Å². The Morgan fingerprint density at radius 2 is 1.94 bits per heavy atom. The van der Waals surface area contributed by atoms with Crippen LogP contribution in [0.15, 0.2) is 73.6 Å². The lowest BCUT2D eigenvalue weighted by Crippen LogP contribution is -2.37.